The molecule has 0 saturated carbocycles. The molecular formula is C13H22O5. The van der Waals surface area contributed by atoms with Gasteiger partial charge in [0.1, 0.15) is 12.2 Å². The van der Waals surface area contributed by atoms with E-state index < -0.39 is 0 Å². The molecule has 18 heavy (non-hydrogen) atoms. The standard InChI is InChI=1S/C13H22O5/c1(3-11-6-15-11)2-10(16-8-13-9-18-13)4-14-5-12-7-17-12/h10-13H,1-9H2. The number of epoxide rings is 3. The lowest BCUT2D eigenvalue weighted by atomic mass is 10.1. The summed E-state index contributed by atoms with van der Waals surface area (Å²) in [5.74, 6) is 0. The van der Waals surface area contributed by atoms with Crippen molar-refractivity contribution in [1.82, 2.24) is 0 Å². The summed E-state index contributed by atoms with van der Waals surface area (Å²) >= 11 is 0. The number of rotatable bonds is 11. The highest BCUT2D eigenvalue weighted by molar-refractivity contribution is 4.73. The van der Waals surface area contributed by atoms with Crippen LogP contribution in [-0.2, 0) is 23.7 Å². The molecule has 5 nitrogen and oxygen atoms in total. The van der Waals surface area contributed by atoms with Crippen LogP contribution in [-0.4, -0.2) is 64.1 Å². The highest BCUT2D eigenvalue weighted by Gasteiger charge is 2.27. The summed E-state index contributed by atoms with van der Waals surface area (Å²) in [5.41, 5.74) is 0. The first kappa shape index (κ1) is 12.8. The third-order valence-electron chi connectivity index (χ3n) is 3.38. The van der Waals surface area contributed by atoms with E-state index in [1.165, 1.54) is 0 Å². The highest BCUT2D eigenvalue weighted by Crippen LogP contribution is 2.19. The molecule has 3 heterocycles. The van der Waals surface area contributed by atoms with Crippen LogP contribution < -0.4 is 0 Å². The fourth-order valence-electron chi connectivity index (χ4n) is 1.93. The average molecular weight is 258 g/mol. The van der Waals surface area contributed by atoms with E-state index in [0.717, 1.165) is 39.1 Å². The first-order valence-electron chi connectivity index (χ1n) is 6.94. The summed E-state index contributed by atoms with van der Waals surface area (Å²) in [5, 5.41) is 0. The summed E-state index contributed by atoms with van der Waals surface area (Å²) in [6.07, 6.45) is 4.68. The zero-order valence-electron chi connectivity index (χ0n) is 10.7. The van der Waals surface area contributed by atoms with Gasteiger partial charge in [-0.25, -0.2) is 0 Å². The van der Waals surface area contributed by atoms with Gasteiger partial charge in [0.15, 0.2) is 0 Å². The fraction of sp³-hybridized carbons (Fsp3) is 1.00. The van der Waals surface area contributed by atoms with Gasteiger partial charge in [-0.15, -0.1) is 0 Å². The number of ether oxygens (including phenoxy) is 5. The topological polar surface area (TPSA) is 56.0 Å². The molecule has 0 bridgehead atoms. The molecule has 0 aromatic heterocycles. The molecule has 5 heteroatoms. The van der Waals surface area contributed by atoms with Crippen molar-refractivity contribution in [3.63, 3.8) is 0 Å². The quantitative estimate of drug-likeness (QED) is 0.512. The lowest BCUT2D eigenvalue weighted by Crippen LogP contribution is -2.23. The van der Waals surface area contributed by atoms with E-state index in [1.54, 1.807) is 0 Å². The van der Waals surface area contributed by atoms with Gasteiger partial charge in [-0.05, 0) is 19.3 Å². The molecule has 3 aliphatic heterocycles. The van der Waals surface area contributed by atoms with Crippen molar-refractivity contribution < 1.29 is 23.7 Å². The molecule has 3 aliphatic rings. The van der Waals surface area contributed by atoms with Gasteiger partial charge in [0.05, 0.1) is 51.8 Å². The Morgan fingerprint density at radius 2 is 1.61 bits per heavy atom. The predicted octanol–water partition coefficient (Wildman–Crippen LogP) is 0.755. The SMILES string of the molecule is C(CC(COCC1CO1)OCC1CO1)CC1CO1. The van der Waals surface area contributed by atoms with E-state index >= 15 is 0 Å². The van der Waals surface area contributed by atoms with Crippen LogP contribution >= 0.6 is 0 Å². The Bertz CT molecular complexity index is 230. The molecule has 0 N–H and O–H groups in total. The van der Waals surface area contributed by atoms with Gasteiger partial charge >= 0.3 is 0 Å². The first-order valence-corrected chi connectivity index (χ1v) is 6.94. The second-order valence-corrected chi connectivity index (χ2v) is 5.29. The maximum atomic E-state index is 5.84. The third kappa shape index (κ3) is 5.20. The fourth-order valence-corrected chi connectivity index (χ4v) is 1.93. The van der Waals surface area contributed by atoms with Gasteiger partial charge < -0.3 is 23.7 Å². The van der Waals surface area contributed by atoms with Crippen LogP contribution in [0.4, 0.5) is 0 Å². The number of hydrogen-bond donors (Lipinski definition) is 0. The molecular weight excluding hydrogens is 236 g/mol. The molecule has 0 aromatic carbocycles. The summed E-state index contributed by atoms with van der Waals surface area (Å²) in [7, 11) is 0. The Labute approximate surface area is 108 Å². The molecule has 0 spiro atoms. The Morgan fingerprint density at radius 1 is 0.944 bits per heavy atom. The maximum Gasteiger partial charge on any atom is 0.104 e. The van der Waals surface area contributed by atoms with Gasteiger partial charge in [0, 0.05) is 0 Å². The maximum absolute atomic E-state index is 5.84. The normalized spacial score (nSPS) is 34.3. The molecule has 4 atom stereocenters. The van der Waals surface area contributed by atoms with Crippen LogP contribution in [0.25, 0.3) is 0 Å². The first-order chi connectivity index (χ1) is 8.90. The van der Waals surface area contributed by atoms with E-state index in [1.807, 2.05) is 0 Å². The minimum Gasteiger partial charge on any atom is -0.376 e. The Balaban J connectivity index is 1.28. The second-order valence-electron chi connectivity index (χ2n) is 5.29. The van der Waals surface area contributed by atoms with Gasteiger partial charge in [-0.3, -0.25) is 0 Å². The monoisotopic (exact) mass is 258 g/mol. The molecule has 0 aliphatic carbocycles. The summed E-state index contributed by atoms with van der Waals surface area (Å²) in [6.45, 7) is 4.70. The van der Waals surface area contributed by atoms with Crippen LogP contribution in [0.5, 0.6) is 0 Å². The predicted molar refractivity (Wildman–Crippen MR) is 63.6 cm³/mol. The minimum atomic E-state index is 0.187. The second kappa shape index (κ2) is 6.30. The van der Waals surface area contributed by atoms with Gasteiger partial charge in [0.2, 0.25) is 0 Å². The molecule has 104 valence electrons. The summed E-state index contributed by atoms with van der Waals surface area (Å²) in [4.78, 5) is 0. The lowest BCUT2D eigenvalue weighted by molar-refractivity contribution is -0.0289. The summed E-state index contributed by atoms with van der Waals surface area (Å²) < 4.78 is 26.9. The average Bonchev–Trinajstić information content (AvgIpc) is 3.23. The van der Waals surface area contributed by atoms with E-state index in [9.17, 15) is 0 Å². The van der Waals surface area contributed by atoms with Crippen LogP contribution in [0.15, 0.2) is 0 Å². The molecule has 3 saturated heterocycles. The Kier molecular flexibility index (Phi) is 4.49. The molecule has 4 unspecified atom stereocenters. The minimum absolute atomic E-state index is 0.187. The molecule has 0 amide bonds. The van der Waals surface area contributed by atoms with Crippen LogP contribution in [0, 0.1) is 0 Å². The Morgan fingerprint density at radius 3 is 2.28 bits per heavy atom. The van der Waals surface area contributed by atoms with Crippen LogP contribution in [0.3, 0.4) is 0 Å². The van der Waals surface area contributed by atoms with Gasteiger partial charge in [0.25, 0.3) is 0 Å². The largest absolute Gasteiger partial charge is 0.376 e. The molecule has 0 radical (unpaired) electrons. The van der Waals surface area contributed by atoms with Crippen molar-refractivity contribution in [3.8, 4) is 0 Å². The molecule has 0 aromatic rings. The van der Waals surface area contributed by atoms with E-state index in [0.29, 0.717) is 38.1 Å². The van der Waals surface area contributed by atoms with Crippen molar-refractivity contribution in [2.75, 3.05) is 39.6 Å². The summed E-state index contributed by atoms with van der Waals surface area (Å²) in [6, 6.07) is 0. The van der Waals surface area contributed by atoms with Crippen molar-refractivity contribution in [3.05, 3.63) is 0 Å². The smallest absolute Gasteiger partial charge is 0.104 e. The third-order valence-corrected chi connectivity index (χ3v) is 3.38. The van der Waals surface area contributed by atoms with E-state index in [4.69, 9.17) is 23.7 Å². The van der Waals surface area contributed by atoms with Crippen molar-refractivity contribution in [2.24, 2.45) is 0 Å². The van der Waals surface area contributed by atoms with E-state index in [-0.39, 0.29) is 6.10 Å². The van der Waals surface area contributed by atoms with Crippen molar-refractivity contribution in [2.45, 2.75) is 43.7 Å². The molecule has 3 fully saturated rings. The number of hydrogen-bond acceptors (Lipinski definition) is 5. The van der Waals surface area contributed by atoms with Crippen LogP contribution in [0.2, 0.25) is 0 Å². The van der Waals surface area contributed by atoms with Crippen molar-refractivity contribution in [1.29, 1.82) is 0 Å². The van der Waals surface area contributed by atoms with E-state index in [2.05, 4.69) is 0 Å². The highest BCUT2D eigenvalue weighted by atomic mass is 16.6. The van der Waals surface area contributed by atoms with Crippen LogP contribution in [0.1, 0.15) is 19.3 Å². The van der Waals surface area contributed by atoms with Gasteiger partial charge in [-0.2, -0.15) is 0 Å². The Hall–Kier alpha value is -0.200. The lowest BCUT2D eigenvalue weighted by Gasteiger charge is -2.17. The molecule has 3 rings (SSSR count). The zero-order valence-corrected chi connectivity index (χ0v) is 10.7. The van der Waals surface area contributed by atoms with Crippen molar-refractivity contribution >= 4 is 0 Å². The van der Waals surface area contributed by atoms with Gasteiger partial charge in [-0.1, -0.05) is 0 Å². The zero-order chi connectivity index (χ0) is 12.2.